The van der Waals surface area contributed by atoms with Crippen molar-refractivity contribution >= 4 is 11.8 Å². The number of benzene rings is 1. The van der Waals surface area contributed by atoms with Gasteiger partial charge in [-0.2, -0.15) is 0 Å². The van der Waals surface area contributed by atoms with Crippen molar-refractivity contribution in [2.75, 3.05) is 0 Å². The summed E-state index contributed by atoms with van der Waals surface area (Å²) in [4.78, 5) is 25.4. The summed E-state index contributed by atoms with van der Waals surface area (Å²) in [7, 11) is 0. The van der Waals surface area contributed by atoms with Crippen molar-refractivity contribution in [2.45, 2.75) is 78.7 Å². The second-order valence-electron chi connectivity index (χ2n) is 11.8. The van der Waals surface area contributed by atoms with Crippen molar-refractivity contribution < 1.29 is 14.3 Å². The van der Waals surface area contributed by atoms with Gasteiger partial charge in [-0.25, -0.2) is 4.79 Å². The molecular formula is C29H38O3. The van der Waals surface area contributed by atoms with E-state index in [4.69, 9.17) is 4.74 Å². The number of hydrogen-bond acceptors (Lipinski definition) is 3. The third kappa shape index (κ3) is 3.22. The minimum atomic E-state index is -0.181. The van der Waals surface area contributed by atoms with Crippen molar-refractivity contribution in [1.29, 1.82) is 0 Å². The van der Waals surface area contributed by atoms with E-state index in [9.17, 15) is 9.59 Å². The van der Waals surface area contributed by atoms with Crippen LogP contribution in [0.15, 0.2) is 42.0 Å². The number of fused-ring (bicyclic) bond motifs is 5. The van der Waals surface area contributed by atoms with Gasteiger partial charge >= 0.3 is 5.97 Å². The average molecular weight is 435 g/mol. The van der Waals surface area contributed by atoms with Gasteiger partial charge in [-0.15, -0.1) is 0 Å². The Balaban J connectivity index is 1.52. The van der Waals surface area contributed by atoms with Crippen LogP contribution in [0.5, 0.6) is 0 Å². The van der Waals surface area contributed by atoms with E-state index in [2.05, 4.69) is 27.7 Å². The molecule has 7 unspecified atom stereocenters. The molecule has 32 heavy (non-hydrogen) atoms. The van der Waals surface area contributed by atoms with Crippen LogP contribution in [-0.4, -0.2) is 17.9 Å². The van der Waals surface area contributed by atoms with Crippen LogP contribution >= 0.6 is 0 Å². The molecule has 0 N–H and O–H groups in total. The normalized spacial score (nSPS) is 40.8. The maximum Gasteiger partial charge on any atom is 0.338 e. The van der Waals surface area contributed by atoms with E-state index in [0.29, 0.717) is 47.4 Å². The summed E-state index contributed by atoms with van der Waals surface area (Å²) in [6.07, 6.45) is 9.17. The third-order valence-electron chi connectivity index (χ3n) is 10.2. The molecule has 4 aliphatic carbocycles. The van der Waals surface area contributed by atoms with Gasteiger partial charge in [0.05, 0.1) is 5.56 Å². The molecule has 172 valence electrons. The molecule has 1 aromatic carbocycles. The zero-order chi connectivity index (χ0) is 22.7. The number of hydrogen-bond donors (Lipinski definition) is 0. The van der Waals surface area contributed by atoms with Gasteiger partial charge in [0.25, 0.3) is 0 Å². The Morgan fingerprint density at radius 3 is 2.50 bits per heavy atom. The molecule has 7 atom stereocenters. The van der Waals surface area contributed by atoms with E-state index in [1.54, 1.807) is 0 Å². The number of rotatable bonds is 3. The van der Waals surface area contributed by atoms with Crippen LogP contribution in [-0.2, 0) is 9.53 Å². The standard InChI is InChI=1S/C29H38O3/c1-18(2)23-12-13-24-22-11-10-20-16-21(30)14-15-28(20,3)25(22)17-26(29(23,24)4)32-27(31)19-8-6-5-7-9-19/h5-9,16,18,22-26H,10-15,17H2,1-4H3. The summed E-state index contributed by atoms with van der Waals surface area (Å²) in [5.74, 6) is 3.04. The summed E-state index contributed by atoms with van der Waals surface area (Å²) in [5.41, 5.74) is 2.12. The van der Waals surface area contributed by atoms with Crippen molar-refractivity contribution in [1.82, 2.24) is 0 Å². The molecule has 3 saturated carbocycles. The van der Waals surface area contributed by atoms with Crippen LogP contribution in [0.4, 0.5) is 0 Å². The lowest BCUT2D eigenvalue weighted by Crippen LogP contribution is -2.57. The fourth-order valence-corrected chi connectivity index (χ4v) is 8.56. The summed E-state index contributed by atoms with van der Waals surface area (Å²) in [6.45, 7) is 9.52. The van der Waals surface area contributed by atoms with Gasteiger partial charge in [0.2, 0.25) is 0 Å². The Morgan fingerprint density at radius 2 is 1.78 bits per heavy atom. The van der Waals surface area contributed by atoms with Gasteiger partial charge in [0, 0.05) is 11.8 Å². The van der Waals surface area contributed by atoms with Crippen LogP contribution in [0.25, 0.3) is 0 Å². The zero-order valence-corrected chi connectivity index (χ0v) is 20.1. The highest BCUT2D eigenvalue weighted by molar-refractivity contribution is 5.91. The second-order valence-corrected chi connectivity index (χ2v) is 11.8. The first kappa shape index (κ1) is 21.9. The first-order valence-corrected chi connectivity index (χ1v) is 12.7. The fourth-order valence-electron chi connectivity index (χ4n) is 8.56. The number of carbonyl (C=O) groups is 2. The molecule has 1 aromatic rings. The minimum absolute atomic E-state index is 0.0296. The maximum absolute atomic E-state index is 13.2. The lowest BCUT2D eigenvalue weighted by molar-refractivity contribution is -0.143. The van der Waals surface area contributed by atoms with E-state index < -0.39 is 0 Å². The Morgan fingerprint density at radius 1 is 1.03 bits per heavy atom. The highest BCUT2D eigenvalue weighted by Gasteiger charge is 2.64. The number of esters is 1. The van der Waals surface area contributed by atoms with Crippen LogP contribution < -0.4 is 0 Å². The molecule has 4 aliphatic rings. The lowest BCUT2D eigenvalue weighted by Gasteiger charge is -2.60. The molecule has 0 aromatic heterocycles. The Labute approximate surface area is 193 Å². The lowest BCUT2D eigenvalue weighted by atomic mass is 9.45. The molecule has 5 rings (SSSR count). The van der Waals surface area contributed by atoms with Crippen molar-refractivity contribution in [3.8, 4) is 0 Å². The summed E-state index contributed by atoms with van der Waals surface area (Å²) in [6, 6.07) is 9.47. The van der Waals surface area contributed by atoms with E-state index in [-0.39, 0.29) is 22.9 Å². The summed E-state index contributed by atoms with van der Waals surface area (Å²) in [5, 5.41) is 0. The van der Waals surface area contributed by atoms with E-state index in [1.165, 1.54) is 24.8 Å². The van der Waals surface area contributed by atoms with Crippen molar-refractivity contribution in [2.24, 2.45) is 40.4 Å². The molecule has 0 radical (unpaired) electrons. The monoisotopic (exact) mass is 434 g/mol. The van der Waals surface area contributed by atoms with E-state index >= 15 is 0 Å². The van der Waals surface area contributed by atoms with Gasteiger partial charge in [-0.3, -0.25) is 4.79 Å². The largest absolute Gasteiger partial charge is 0.458 e. The maximum atomic E-state index is 13.2. The topological polar surface area (TPSA) is 43.4 Å². The molecule has 3 fully saturated rings. The number of carbonyl (C=O) groups excluding carboxylic acids is 2. The summed E-state index contributed by atoms with van der Waals surface area (Å²) >= 11 is 0. The number of allylic oxidation sites excluding steroid dienone is 1. The number of ether oxygens (including phenoxy) is 1. The second kappa shape index (κ2) is 7.85. The van der Waals surface area contributed by atoms with Crippen LogP contribution in [0.2, 0.25) is 0 Å². The first-order chi connectivity index (χ1) is 15.2. The minimum Gasteiger partial charge on any atom is -0.458 e. The first-order valence-electron chi connectivity index (χ1n) is 12.7. The van der Waals surface area contributed by atoms with Crippen LogP contribution in [0, 0.1) is 40.4 Å². The van der Waals surface area contributed by atoms with Crippen molar-refractivity contribution in [3.63, 3.8) is 0 Å². The Kier molecular flexibility index (Phi) is 5.38. The quantitative estimate of drug-likeness (QED) is 0.502. The molecule has 0 saturated heterocycles. The molecule has 0 aliphatic heterocycles. The predicted octanol–water partition coefficient (Wildman–Crippen LogP) is 6.63. The molecule has 0 spiro atoms. The van der Waals surface area contributed by atoms with E-state index in [0.717, 1.165) is 19.3 Å². The molecule has 0 amide bonds. The predicted molar refractivity (Wildman–Crippen MR) is 126 cm³/mol. The zero-order valence-electron chi connectivity index (χ0n) is 20.1. The highest BCUT2D eigenvalue weighted by atomic mass is 16.5. The Hall–Kier alpha value is -1.90. The highest BCUT2D eigenvalue weighted by Crippen LogP contribution is 2.68. The van der Waals surface area contributed by atoms with Crippen LogP contribution in [0.3, 0.4) is 0 Å². The van der Waals surface area contributed by atoms with Crippen LogP contribution in [0.1, 0.15) is 83.0 Å². The van der Waals surface area contributed by atoms with Gasteiger partial charge in [-0.05, 0) is 91.7 Å². The number of ketones is 1. The van der Waals surface area contributed by atoms with Gasteiger partial charge in [0.1, 0.15) is 6.10 Å². The molecular weight excluding hydrogens is 396 g/mol. The molecule has 3 heteroatoms. The van der Waals surface area contributed by atoms with Gasteiger partial charge < -0.3 is 4.74 Å². The Bertz CT molecular complexity index is 931. The average Bonchev–Trinajstić information content (AvgIpc) is 3.14. The fraction of sp³-hybridized carbons (Fsp3) is 0.655. The molecule has 3 nitrogen and oxygen atoms in total. The van der Waals surface area contributed by atoms with Crippen molar-refractivity contribution in [3.05, 3.63) is 47.5 Å². The van der Waals surface area contributed by atoms with E-state index in [1.807, 2.05) is 36.4 Å². The molecule has 0 heterocycles. The SMILES string of the molecule is CC(C)C1CCC2C3CCC4=CC(=O)CCC4(C)C3CC(OC(=O)c3ccccc3)C12C. The third-order valence-corrected chi connectivity index (χ3v) is 10.2. The smallest absolute Gasteiger partial charge is 0.338 e. The van der Waals surface area contributed by atoms with Gasteiger partial charge in [-0.1, -0.05) is 51.5 Å². The summed E-state index contributed by atoms with van der Waals surface area (Å²) < 4.78 is 6.44. The van der Waals surface area contributed by atoms with Gasteiger partial charge in [0.15, 0.2) is 5.78 Å². The molecule has 0 bridgehead atoms.